The maximum Gasteiger partial charge on any atom is 0.251 e. The van der Waals surface area contributed by atoms with Crippen LogP contribution in [-0.4, -0.2) is 24.4 Å². The first-order chi connectivity index (χ1) is 8.15. The fourth-order valence-electron chi connectivity index (χ4n) is 1.34. The molecule has 0 saturated carbocycles. The van der Waals surface area contributed by atoms with E-state index in [-0.39, 0.29) is 11.8 Å². The van der Waals surface area contributed by atoms with Gasteiger partial charge in [0.25, 0.3) is 5.91 Å². The van der Waals surface area contributed by atoms with Gasteiger partial charge in [0, 0.05) is 12.1 Å². The van der Waals surface area contributed by atoms with E-state index in [4.69, 9.17) is 0 Å². The SMILES string of the molecule is CCCNC(=O)C(C)NC(=O)c1ccccc1. The van der Waals surface area contributed by atoms with E-state index in [1.165, 1.54) is 0 Å². The van der Waals surface area contributed by atoms with Crippen LogP contribution in [0.1, 0.15) is 30.6 Å². The minimum atomic E-state index is -0.519. The molecule has 4 nitrogen and oxygen atoms in total. The molecule has 1 aromatic carbocycles. The highest BCUT2D eigenvalue weighted by atomic mass is 16.2. The topological polar surface area (TPSA) is 58.2 Å². The highest BCUT2D eigenvalue weighted by Crippen LogP contribution is 1.98. The largest absolute Gasteiger partial charge is 0.354 e. The Bertz CT molecular complexity index is 376. The van der Waals surface area contributed by atoms with E-state index in [9.17, 15) is 9.59 Å². The van der Waals surface area contributed by atoms with E-state index >= 15 is 0 Å². The molecule has 0 aliphatic rings. The van der Waals surface area contributed by atoms with Gasteiger partial charge in [0.05, 0.1) is 0 Å². The van der Waals surface area contributed by atoms with Crippen LogP contribution in [0.3, 0.4) is 0 Å². The van der Waals surface area contributed by atoms with Gasteiger partial charge in [0.15, 0.2) is 0 Å². The molecule has 0 saturated heterocycles. The molecule has 0 spiro atoms. The first-order valence-corrected chi connectivity index (χ1v) is 5.78. The first-order valence-electron chi connectivity index (χ1n) is 5.78. The second-order valence-corrected chi connectivity index (χ2v) is 3.85. The molecule has 0 fully saturated rings. The zero-order valence-electron chi connectivity index (χ0n) is 10.2. The van der Waals surface area contributed by atoms with Crippen molar-refractivity contribution in [2.24, 2.45) is 0 Å². The van der Waals surface area contributed by atoms with Gasteiger partial charge in [-0.1, -0.05) is 25.1 Å². The monoisotopic (exact) mass is 234 g/mol. The average molecular weight is 234 g/mol. The number of rotatable bonds is 5. The molecular formula is C13H18N2O2. The molecular weight excluding hydrogens is 216 g/mol. The van der Waals surface area contributed by atoms with Gasteiger partial charge in [-0.3, -0.25) is 9.59 Å². The van der Waals surface area contributed by atoms with Crippen LogP contribution in [0.4, 0.5) is 0 Å². The van der Waals surface area contributed by atoms with E-state index in [0.717, 1.165) is 6.42 Å². The third-order valence-electron chi connectivity index (χ3n) is 2.33. The van der Waals surface area contributed by atoms with Crippen molar-refractivity contribution in [3.05, 3.63) is 35.9 Å². The van der Waals surface area contributed by atoms with Crippen LogP contribution in [0.5, 0.6) is 0 Å². The van der Waals surface area contributed by atoms with E-state index in [1.54, 1.807) is 31.2 Å². The molecule has 1 aromatic rings. The standard InChI is InChI=1S/C13H18N2O2/c1-3-9-14-12(16)10(2)15-13(17)11-7-5-4-6-8-11/h4-8,10H,3,9H2,1-2H3,(H,14,16)(H,15,17). The van der Waals surface area contributed by atoms with Crippen molar-refractivity contribution in [2.45, 2.75) is 26.3 Å². The van der Waals surface area contributed by atoms with Crippen molar-refractivity contribution in [1.82, 2.24) is 10.6 Å². The van der Waals surface area contributed by atoms with E-state index < -0.39 is 6.04 Å². The van der Waals surface area contributed by atoms with Crippen LogP contribution in [0.25, 0.3) is 0 Å². The first kappa shape index (κ1) is 13.2. The highest BCUT2D eigenvalue weighted by Gasteiger charge is 2.15. The van der Waals surface area contributed by atoms with Crippen molar-refractivity contribution in [2.75, 3.05) is 6.54 Å². The van der Waals surface area contributed by atoms with Crippen LogP contribution >= 0.6 is 0 Å². The Morgan fingerprint density at radius 2 is 1.88 bits per heavy atom. The van der Waals surface area contributed by atoms with E-state index in [2.05, 4.69) is 10.6 Å². The minimum Gasteiger partial charge on any atom is -0.354 e. The van der Waals surface area contributed by atoms with Gasteiger partial charge < -0.3 is 10.6 Å². The summed E-state index contributed by atoms with van der Waals surface area (Å²) in [7, 11) is 0. The zero-order valence-corrected chi connectivity index (χ0v) is 10.2. The Morgan fingerprint density at radius 1 is 1.24 bits per heavy atom. The summed E-state index contributed by atoms with van der Waals surface area (Å²) in [4.78, 5) is 23.3. The Kier molecular flexibility index (Phi) is 5.20. The summed E-state index contributed by atoms with van der Waals surface area (Å²) in [5, 5.41) is 5.39. The second-order valence-electron chi connectivity index (χ2n) is 3.85. The van der Waals surface area contributed by atoms with Crippen molar-refractivity contribution in [3.63, 3.8) is 0 Å². The lowest BCUT2D eigenvalue weighted by atomic mass is 10.2. The molecule has 1 rings (SSSR count). The number of carbonyl (C=O) groups excluding carboxylic acids is 2. The molecule has 1 atom stereocenters. The minimum absolute atomic E-state index is 0.156. The van der Waals surface area contributed by atoms with Gasteiger partial charge in [0.2, 0.25) is 5.91 Å². The Balaban J connectivity index is 2.49. The van der Waals surface area contributed by atoms with Crippen LogP contribution < -0.4 is 10.6 Å². The number of nitrogens with one attached hydrogen (secondary N) is 2. The van der Waals surface area contributed by atoms with Gasteiger partial charge in [-0.15, -0.1) is 0 Å². The summed E-state index contributed by atoms with van der Waals surface area (Å²) >= 11 is 0. The smallest absolute Gasteiger partial charge is 0.251 e. The molecule has 0 aliphatic carbocycles. The summed E-state index contributed by atoms with van der Waals surface area (Å²) in [6, 6.07) is 8.33. The summed E-state index contributed by atoms with van der Waals surface area (Å²) in [5.41, 5.74) is 0.558. The van der Waals surface area contributed by atoms with Crippen LogP contribution in [-0.2, 0) is 4.79 Å². The van der Waals surface area contributed by atoms with E-state index in [1.807, 2.05) is 13.0 Å². The number of benzene rings is 1. The highest BCUT2D eigenvalue weighted by molar-refractivity contribution is 5.97. The predicted octanol–water partition coefficient (Wildman–Crippen LogP) is 1.33. The Hall–Kier alpha value is -1.84. The summed E-state index contributed by atoms with van der Waals surface area (Å²) in [6.07, 6.45) is 0.880. The second kappa shape index (κ2) is 6.68. The zero-order chi connectivity index (χ0) is 12.7. The van der Waals surface area contributed by atoms with Crippen molar-refractivity contribution in [1.29, 1.82) is 0 Å². The average Bonchev–Trinajstić information content (AvgIpc) is 2.36. The third kappa shape index (κ3) is 4.26. The Labute approximate surface area is 101 Å². The van der Waals surface area contributed by atoms with Crippen molar-refractivity contribution < 1.29 is 9.59 Å². The summed E-state index contributed by atoms with van der Waals surface area (Å²) < 4.78 is 0. The van der Waals surface area contributed by atoms with Gasteiger partial charge in [-0.25, -0.2) is 0 Å². The lowest BCUT2D eigenvalue weighted by Crippen LogP contribution is -2.44. The lowest BCUT2D eigenvalue weighted by Gasteiger charge is -2.13. The molecule has 92 valence electrons. The summed E-state index contributed by atoms with van der Waals surface area (Å²) in [6.45, 7) is 4.28. The molecule has 0 heterocycles. The quantitative estimate of drug-likeness (QED) is 0.807. The normalized spacial score (nSPS) is 11.6. The van der Waals surface area contributed by atoms with Crippen molar-refractivity contribution in [3.8, 4) is 0 Å². The summed E-state index contributed by atoms with van der Waals surface area (Å²) in [5.74, 6) is -0.388. The molecule has 0 radical (unpaired) electrons. The maximum atomic E-state index is 11.7. The van der Waals surface area contributed by atoms with Crippen molar-refractivity contribution >= 4 is 11.8 Å². The molecule has 17 heavy (non-hydrogen) atoms. The Morgan fingerprint density at radius 3 is 2.47 bits per heavy atom. The molecule has 1 unspecified atom stereocenters. The van der Waals surface area contributed by atoms with Gasteiger partial charge >= 0.3 is 0 Å². The molecule has 2 N–H and O–H groups in total. The van der Waals surface area contributed by atoms with Crippen LogP contribution in [0.2, 0.25) is 0 Å². The van der Waals surface area contributed by atoms with Gasteiger partial charge in [-0.05, 0) is 25.5 Å². The maximum absolute atomic E-state index is 11.7. The fourth-order valence-corrected chi connectivity index (χ4v) is 1.34. The van der Waals surface area contributed by atoms with Crippen LogP contribution in [0.15, 0.2) is 30.3 Å². The number of amides is 2. The van der Waals surface area contributed by atoms with Gasteiger partial charge in [-0.2, -0.15) is 0 Å². The lowest BCUT2D eigenvalue weighted by molar-refractivity contribution is -0.122. The molecule has 0 aromatic heterocycles. The molecule has 4 heteroatoms. The fraction of sp³-hybridized carbons (Fsp3) is 0.385. The molecule has 0 bridgehead atoms. The number of hydrogen-bond acceptors (Lipinski definition) is 2. The van der Waals surface area contributed by atoms with E-state index in [0.29, 0.717) is 12.1 Å². The van der Waals surface area contributed by atoms with Gasteiger partial charge in [0.1, 0.15) is 6.04 Å². The predicted molar refractivity (Wildman–Crippen MR) is 66.7 cm³/mol. The molecule has 0 aliphatic heterocycles. The number of hydrogen-bond donors (Lipinski definition) is 2. The third-order valence-corrected chi connectivity index (χ3v) is 2.33. The number of carbonyl (C=O) groups is 2. The molecule has 2 amide bonds. The van der Waals surface area contributed by atoms with Crippen LogP contribution in [0, 0.1) is 0 Å².